The molecule has 2 atom stereocenters. The van der Waals surface area contributed by atoms with Crippen molar-refractivity contribution in [2.75, 3.05) is 7.05 Å². The van der Waals surface area contributed by atoms with Gasteiger partial charge < -0.3 is 10.4 Å². The zero-order valence-corrected chi connectivity index (χ0v) is 10.1. The number of rotatable bonds is 5. The first-order valence-electron chi connectivity index (χ1n) is 6.12. The highest BCUT2D eigenvalue weighted by Gasteiger charge is 2.45. The van der Waals surface area contributed by atoms with E-state index in [0.29, 0.717) is 12.0 Å². The smallest absolute Gasteiger partial charge is 0.0939 e. The van der Waals surface area contributed by atoms with Gasteiger partial charge in [-0.1, -0.05) is 30.3 Å². The van der Waals surface area contributed by atoms with Gasteiger partial charge in [-0.3, -0.25) is 0 Å². The van der Waals surface area contributed by atoms with Gasteiger partial charge in [-0.05, 0) is 44.7 Å². The maximum Gasteiger partial charge on any atom is 0.0939 e. The molecule has 16 heavy (non-hydrogen) atoms. The molecule has 0 saturated heterocycles. The van der Waals surface area contributed by atoms with Crippen LogP contribution in [-0.4, -0.2) is 18.2 Å². The monoisotopic (exact) mass is 219 g/mol. The van der Waals surface area contributed by atoms with E-state index in [1.165, 1.54) is 0 Å². The summed E-state index contributed by atoms with van der Waals surface area (Å²) in [6, 6.07) is 10.4. The molecule has 0 radical (unpaired) electrons. The van der Waals surface area contributed by atoms with Gasteiger partial charge in [0.1, 0.15) is 0 Å². The highest BCUT2D eigenvalue weighted by Crippen LogP contribution is 2.48. The molecule has 2 rings (SSSR count). The second kappa shape index (κ2) is 4.56. The lowest BCUT2D eigenvalue weighted by molar-refractivity contribution is -0.00324. The summed E-state index contributed by atoms with van der Waals surface area (Å²) < 4.78 is 0. The van der Waals surface area contributed by atoms with Gasteiger partial charge in [0.15, 0.2) is 0 Å². The number of hydrogen-bond acceptors (Lipinski definition) is 2. The minimum absolute atomic E-state index is 0.339. The minimum Gasteiger partial charge on any atom is -0.385 e. The first-order valence-corrected chi connectivity index (χ1v) is 6.12. The van der Waals surface area contributed by atoms with Gasteiger partial charge in [-0.25, -0.2) is 0 Å². The molecule has 2 unspecified atom stereocenters. The van der Waals surface area contributed by atoms with E-state index in [2.05, 4.69) is 12.2 Å². The lowest BCUT2D eigenvalue weighted by Crippen LogP contribution is -2.36. The number of hydrogen-bond donors (Lipinski definition) is 2. The maximum atomic E-state index is 10.9. The number of benzene rings is 1. The fourth-order valence-electron chi connectivity index (χ4n) is 2.38. The Morgan fingerprint density at radius 3 is 2.50 bits per heavy atom. The highest BCUT2D eigenvalue weighted by atomic mass is 16.3. The fourth-order valence-corrected chi connectivity index (χ4v) is 2.38. The maximum absolute atomic E-state index is 10.9. The minimum atomic E-state index is -0.635. The van der Waals surface area contributed by atoms with Crippen LogP contribution in [0.2, 0.25) is 0 Å². The lowest BCUT2D eigenvalue weighted by atomic mass is 9.83. The van der Waals surface area contributed by atoms with E-state index >= 15 is 0 Å². The predicted molar refractivity (Wildman–Crippen MR) is 66.2 cm³/mol. The normalized spacial score (nSPS) is 21.4. The van der Waals surface area contributed by atoms with Crippen molar-refractivity contribution in [3.63, 3.8) is 0 Å². The summed E-state index contributed by atoms with van der Waals surface area (Å²) in [4.78, 5) is 0. The lowest BCUT2D eigenvalue weighted by Gasteiger charge is -2.31. The van der Waals surface area contributed by atoms with Crippen molar-refractivity contribution in [1.82, 2.24) is 5.32 Å². The average Bonchev–Trinajstić information content (AvgIpc) is 3.14. The van der Waals surface area contributed by atoms with Crippen molar-refractivity contribution < 1.29 is 5.11 Å². The van der Waals surface area contributed by atoms with Gasteiger partial charge in [-0.2, -0.15) is 0 Å². The second-order valence-electron chi connectivity index (χ2n) is 4.96. The first-order chi connectivity index (χ1) is 7.66. The molecule has 1 aromatic carbocycles. The molecule has 0 aliphatic heterocycles. The van der Waals surface area contributed by atoms with Crippen LogP contribution in [0.15, 0.2) is 30.3 Å². The van der Waals surface area contributed by atoms with E-state index in [-0.39, 0.29) is 0 Å². The fraction of sp³-hybridized carbons (Fsp3) is 0.571. The van der Waals surface area contributed by atoms with E-state index in [9.17, 15) is 5.11 Å². The summed E-state index contributed by atoms with van der Waals surface area (Å²) in [5.74, 6) is 0.450. The molecule has 0 heterocycles. The van der Waals surface area contributed by atoms with Crippen molar-refractivity contribution in [3.05, 3.63) is 35.9 Å². The van der Waals surface area contributed by atoms with Gasteiger partial charge >= 0.3 is 0 Å². The van der Waals surface area contributed by atoms with Crippen LogP contribution in [0.4, 0.5) is 0 Å². The summed E-state index contributed by atoms with van der Waals surface area (Å²) in [6.45, 7) is 2.12. The van der Waals surface area contributed by atoms with Crippen LogP contribution in [0.1, 0.15) is 31.7 Å². The predicted octanol–water partition coefficient (Wildman–Crippen LogP) is 2.28. The SMILES string of the molecule is CNC(C)CC(O)(c1ccccc1)C1CC1. The van der Waals surface area contributed by atoms with Crippen LogP contribution in [0.5, 0.6) is 0 Å². The zero-order valence-electron chi connectivity index (χ0n) is 10.1. The molecule has 1 aromatic rings. The number of nitrogens with one attached hydrogen (secondary N) is 1. The van der Waals surface area contributed by atoms with E-state index in [1.807, 2.05) is 37.4 Å². The Labute approximate surface area is 97.7 Å². The summed E-state index contributed by atoms with van der Waals surface area (Å²) >= 11 is 0. The molecule has 1 aliphatic carbocycles. The van der Waals surface area contributed by atoms with Gasteiger partial charge in [0, 0.05) is 6.04 Å². The van der Waals surface area contributed by atoms with Crippen molar-refractivity contribution >= 4 is 0 Å². The van der Waals surface area contributed by atoms with Crippen LogP contribution >= 0.6 is 0 Å². The van der Waals surface area contributed by atoms with Crippen LogP contribution in [0.3, 0.4) is 0 Å². The second-order valence-corrected chi connectivity index (χ2v) is 4.96. The Bertz CT molecular complexity index is 334. The largest absolute Gasteiger partial charge is 0.385 e. The zero-order chi connectivity index (χ0) is 11.6. The van der Waals surface area contributed by atoms with Crippen LogP contribution in [-0.2, 0) is 5.60 Å². The molecule has 88 valence electrons. The standard InChI is InChI=1S/C14H21NO/c1-11(15-2)10-14(16,13-8-9-13)12-6-4-3-5-7-12/h3-7,11,13,15-16H,8-10H2,1-2H3. The Balaban J connectivity index is 2.21. The van der Waals surface area contributed by atoms with Crippen LogP contribution < -0.4 is 5.32 Å². The van der Waals surface area contributed by atoms with Crippen molar-refractivity contribution in [3.8, 4) is 0 Å². The first kappa shape index (κ1) is 11.6. The van der Waals surface area contributed by atoms with E-state index in [1.54, 1.807) is 0 Å². The van der Waals surface area contributed by atoms with Gasteiger partial charge in [0.2, 0.25) is 0 Å². The van der Waals surface area contributed by atoms with Gasteiger partial charge in [0.25, 0.3) is 0 Å². The molecule has 0 spiro atoms. The molecule has 1 saturated carbocycles. The van der Waals surface area contributed by atoms with Crippen molar-refractivity contribution in [2.45, 2.75) is 37.8 Å². The molecule has 0 bridgehead atoms. The van der Waals surface area contributed by atoms with Crippen molar-refractivity contribution in [1.29, 1.82) is 0 Å². The van der Waals surface area contributed by atoms with E-state index in [0.717, 1.165) is 24.8 Å². The third-order valence-electron chi connectivity index (χ3n) is 3.64. The topological polar surface area (TPSA) is 32.3 Å². The Morgan fingerprint density at radius 2 is 2.00 bits per heavy atom. The summed E-state index contributed by atoms with van der Waals surface area (Å²) in [5, 5.41) is 14.1. The highest BCUT2D eigenvalue weighted by molar-refractivity contribution is 5.25. The molecule has 1 fully saturated rings. The van der Waals surface area contributed by atoms with E-state index < -0.39 is 5.60 Å². The summed E-state index contributed by atoms with van der Waals surface area (Å²) in [7, 11) is 1.95. The van der Waals surface area contributed by atoms with Crippen LogP contribution in [0.25, 0.3) is 0 Å². The Hall–Kier alpha value is -0.860. The molecule has 0 amide bonds. The summed E-state index contributed by atoms with van der Waals surface area (Å²) in [5.41, 5.74) is 0.434. The molecule has 2 nitrogen and oxygen atoms in total. The number of aliphatic hydroxyl groups is 1. The Kier molecular flexibility index (Phi) is 3.31. The Morgan fingerprint density at radius 1 is 1.38 bits per heavy atom. The van der Waals surface area contributed by atoms with Crippen molar-refractivity contribution in [2.24, 2.45) is 5.92 Å². The molecule has 1 aliphatic rings. The molecule has 0 aromatic heterocycles. The third-order valence-corrected chi connectivity index (χ3v) is 3.64. The molecular formula is C14H21NO. The molecule has 2 N–H and O–H groups in total. The van der Waals surface area contributed by atoms with Gasteiger partial charge in [-0.15, -0.1) is 0 Å². The summed E-state index contributed by atoms with van der Waals surface area (Å²) in [6.07, 6.45) is 3.10. The van der Waals surface area contributed by atoms with E-state index in [4.69, 9.17) is 0 Å². The third kappa shape index (κ3) is 2.28. The molecule has 2 heteroatoms. The quantitative estimate of drug-likeness (QED) is 0.796. The van der Waals surface area contributed by atoms with Crippen LogP contribution in [0, 0.1) is 5.92 Å². The molecular weight excluding hydrogens is 198 g/mol. The average molecular weight is 219 g/mol. The van der Waals surface area contributed by atoms with Gasteiger partial charge in [0.05, 0.1) is 5.60 Å².